The van der Waals surface area contributed by atoms with Crippen LogP contribution in [0.25, 0.3) is 0 Å². The van der Waals surface area contributed by atoms with Crippen molar-refractivity contribution in [1.82, 2.24) is 15.3 Å². The molecular weight excluding hydrogens is 299 g/mol. The third-order valence-corrected chi connectivity index (χ3v) is 2.63. The largest absolute Gasteiger partial charge is 0.450 e. The molecular formula is C10H10F3N3O3S. The van der Waals surface area contributed by atoms with Gasteiger partial charge in [0.05, 0.1) is 12.4 Å². The quantitative estimate of drug-likeness (QED) is 0.675. The standard InChI is InChI=1S/C10H10F3N3O3S/c1-2-19-9(18)16-7(17)5-20-8-14-4-3-6(15-8)10(11,12)13/h3-4H,2,5H2,1H3,(H,16,17,18). The van der Waals surface area contributed by atoms with Crippen LogP contribution < -0.4 is 5.32 Å². The topological polar surface area (TPSA) is 81.2 Å². The summed E-state index contributed by atoms with van der Waals surface area (Å²) in [6, 6.07) is 0.725. The summed E-state index contributed by atoms with van der Waals surface area (Å²) < 4.78 is 41.6. The first kappa shape index (κ1) is 16.2. The van der Waals surface area contributed by atoms with Crippen molar-refractivity contribution in [2.24, 2.45) is 0 Å². The molecule has 0 fully saturated rings. The Morgan fingerprint density at radius 1 is 1.45 bits per heavy atom. The number of rotatable bonds is 4. The summed E-state index contributed by atoms with van der Waals surface area (Å²) >= 11 is 0.677. The van der Waals surface area contributed by atoms with Gasteiger partial charge in [0.2, 0.25) is 5.91 Å². The van der Waals surface area contributed by atoms with Gasteiger partial charge in [-0.15, -0.1) is 0 Å². The van der Waals surface area contributed by atoms with Crippen LogP contribution in [0.5, 0.6) is 0 Å². The van der Waals surface area contributed by atoms with Crippen LogP contribution in [-0.4, -0.2) is 34.3 Å². The van der Waals surface area contributed by atoms with Gasteiger partial charge in [-0.25, -0.2) is 14.8 Å². The van der Waals surface area contributed by atoms with Crippen molar-refractivity contribution >= 4 is 23.8 Å². The molecule has 110 valence electrons. The van der Waals surface area contributed by atoms with E-state index in [9.17, 15) is 22.8 Å². The Morgan fingerprint density at radius 3 is 2.75 bits per heavy atom. The fourth-order valence-electron chi connectivity index (χ4n) is 1.02. The average molecular weight is 309 g/mol. The summed E-state index contributed by atoms with van der Waals surface area (Å²) in [5.41, 5.74) is -1.10. The second kappa shape index (κ2) is 7.08. The predicted octanol–water partition coefficient (Wildman–Crippen LogP) is 1.86. The van der Waals surface area contributed by atoms with E-state index in [-0.39, 0.29) is 17.5 Å². The van der Waals surface area contributed by atoms with Gasteiger partial charge in [0.25, 0.3) is 0 Å². The van der Waals surface area contributed by atoms with Crippen molar-refractivity contribution in [3.63, 3.8) is 0 Å². The lowest BCUT2D eigenvalue weighted by Crippen LogP contribution is -2.32. The monoisotopic (exact) mass is 309 g/mol. The molecule has 1 rings (SSSR count). The third kappa shape index (κ3) is 5.43. The Kier molecular flexibility index (Phi) is 5.74. The van der Waals surface area contributed by atoms with E-state index in [1.807, 2.05) is 5.32 Å². The smallest absolute Gasteiger partial charge is 0.433 e. The van der Waals surface area contributed by atoms with Crippen LogP contribution in [0.15, 0.2) is 17.4 Å². The number of carbonyl (C=O) groups excluding carboxylic acids is 2. The lowest BCUT2D eigenvalue weighted by Gasteiger charge is -2.06. The van der Waals surface area contributed by atoms with Gasteiger partial charge in [0, 0.05) is 6.20 Å². The van der Waals surface area contributed by atoms with E-state index >= 15 is 0 Å². The van der Waals surface area contributed by atoms with Crippen LogP contribution in [0.3, 0.4) is 0 Å². The lowest BCUT2D eigenvalue weighted by atomic mass is 10.4. The average Bonchev–Trinajstić information content (AvgIpc) is 2.36. The zero-order valence-corrected chi connectivity index (χ0v) is 11.0. The molecule has 0 bridgehead atoms. The zero-order valence-electron chi connectivity index (χ0n) is 10.2. The molecule has 0 saturated carbocycles. The van der Waals surface area contributed by atoms with Gasteiger partial charge in [-0.1, -0.05) is 11.8 Å². The Labute approximate surface area is 116 Å². The van der Waals surface area contributed by atoms with E-state index in [0.717, 1.165) is 12.3 Å². The molecule has 0 spiro atoms. The van der Waals surface area contributed by atoms with E-state index in [4.69, 9.17) is 0 Å². The van der Waals surface area contributed by atoms with Gasteiger partial charge in [-0.05, 0) is 13.0 Å². The molecule has 0 aliphatic heterocycles. The molecule has 6 nitrogen and oxygen atoms in total. The van der Waals surface area contributed by atoms with Crippen molar-refractivity contribution in [1.29, 1.82) is 0 Å². The van der Waals surface area contributed by atoms with Crippen LogP contribution in [0.2, 0.25) is 0 Å². The van der Waals surface area contributed by atoms with E-state index in [2.05, 4.69) is 14.7 Å². The number of nitrogens with zero attached hydrogens (tertiary/aromatic N) is 2. The van der Waals surface area contributed by atoms with Gasteiger partial charge in [0.15, 0.2) is 5.16 Å². The van der Waals surface area contributed by atoms with Crippen molar-refractivity contribution in [2.75, 3.05) is 12.4 Å². The van der Waals surface area contributed by atoms with Crippen molar-refractivity contribution in [3.05, 3.63) is 18.0 Å². The maximum atomic E-state index is 12.4. The highest BCUT2D eigenvalue weighted by Gasteiger charge is 2.32. The van der Waals surface area contributed by atoms with Crippen molar-refractivity contribution in [3.8, 4) is 0 Å². The molecule has 0 saturated heterocycles. The van der Waals surface area contributed by atoms with Crippen LogP contribution in [-0.2, 0) is 15.7 Å². The number of alkyl carbamates (subject to hydrolysis) is 1. The highest BCUT2D eigenvalue weighted by Crippen LogP contribution is 2.28. The summed E-state index contributed by atoms with van der Waals surface area (Å²) in [5.74, 6) is -1.02. The number of nitrogens with one attached hydrogen (secondary N) is 1. The molecule has 20 heavy (non-hydrogen) atoms. The van der Waals surface area contributed by atoms with Gasteiger partial charge in [-0.2, -0.15) is 13.2 Å². The lowest BCUT2D eigenvalue weighted by molar-refractivity contribution is -0.141. The summed E-state index contributed by atoms with van der Waals surface area (Å²) in [6.45, 7) is 1.66. The number of carbonyl (C=O) groups is 2. The molecule has 0 aromatic carbocycles. The molecule has 0 atom stereocenters. The maximum absolute atomic E-state index is 12.4. The van der Waals surface area contributed by atoms with Gasteiger partial charge < -0.3 is 4.74 Å². The van der Waals surface area contributed by atoms with Crippen LogP contribution >= 0.6 is 11.8 Å². The number of amides is 2. The fraction of sp³-hybridized carbons (Fsp3) is 0.400. The van der Waals surface area contributed by atoms with E-state index in [1.54, 1.807) is 6.92 Å². The molecule has 0 unspecified atom stereocenters. The molecule has 0 aliphatic carbocycles. The number of imide groups is 1. The first-order chi connectivity index (χ1) is 9.32. The van der Waals surface area contributed by atoms with E-state index in [1.165, 1.54) is 0 Å². The zero-order chi connectivity index (χ0) is 15.2. The number of hydrogen-bond acceptors (Lipinski definition) is 6. The molecule has 1 N–H and O–H groups in total. The number of thioether (sulfide) groups is 1. The van der Waals surface area contributed by atoms with Gasteiger partial charge in [0.1, 0.15) is 5.69 Å². The van der Waals surface area contributed by atoms with Crippen LogP contribution in [0.4, 0.5) is 18.0 Å². The van der Waals surface area contributed by atoms with Gasteiger partial charge >= 0.3 is 12.3 Å². The summed E-state index contributed by atoms with van der Waals surface area (Å²) in [5, 5.41) is 1.69. The maximum Gasteiger partial charge on any atom is 0.433 e. The predicted molar refractivity (Wildman–Crippen MR) is 62.9 cm³/mol. The number of hydrogen-bond donors (Lipinski definition) is 1. The SMILES string of the molecule is CCOC(=O)NC(=O)CSc1nccc(C(F)(F)F)n1. The normalized spacial score (nSPS) is 11.0. The van der Waals surface area contributed by atoms with Crippen LogP contribution in [0, 0.1) is 0 Å². The van der Waals surface area contributed by atoms with Crippen molar-refractivity contribution < 1.29 is 27.5 Å². The minimum absolute atomic E-state index is 0.100. The first-order valence-electron chi connectivity index (χ1n) is 5.32. The van der Waals surface area contributed by atoms with Crippen LogP contribution in [0.1, 0.15) is 12.6 Å². The summed E-state index contributed by atoms with van der Waals surface area (Å²) in [7, 11) is 0. The molecule has 0 radical (unpaired) electrons. The summed E-state index contributed by atoms with van der Waals surface area (Å²) in [6.07, 6.45) is -4.55. The molecule has 10 heteroatoms. The minimum Gasteiger partial charge on any atom is -0.450 e. The van der Waals surface area contributed by atoms with Crippen molar-refractivity contribution in [2.45, 2.75) is 18.3 Å². The second-order valence-electron chi connectivity index (χ2n) is 3.28. The Bertz CT molecular complexity index is 496. The van der Waals surface area contributed by atoms with E-state index < -0.39 is 23.9 Å². The second-order valence-corrected chi connectivity index (χ2v) is 4.22. The highest BCUT2D eigenvalue weighted by molar-refractivity contribution is 7.99. The first-order valence-corrected chi connectivity index (χ1v) is 6.31. The number of alkyl halides is 3. The van der Waals surface area contributed by atoms with Gasteiger partial charge in [-0.3, -0.25) is 10.1 Å². The molecule has 2 amide bonds. The molecule has 0 aliphatic rings. The number of halogens is 3. The Balaban J connectivity index is 2.54. The fourth-order valence-corrected chi connectivity index (χ4v) is 1.65. The Morgan fingerprint density at radius 2 is 2.15 bits per heavy atom. The molecule has 1 aromatic rings. The molecule has 1 aromatic heterocycles. The third-order valence-electron chi connectivity index (χ3n) is 1.77. The summed E-state index contributed by atoms with van der Waals surface area (Å²) in [4.78, 5) is 29.0. The molecule has 1 heterocycles. The Hall–Kier alpha value is -1.84. The van der Waals surface area contributed by atoms with E-state index in [0.29, 0.717) is 11.8 Å². The number of ether oxygens (including phenoxy) is 1. The number of aromatic nitrogens is 2. The highest BCUT2D eigenvalue weighted by atomic mass is 32.2. The minimum atomic E-state index is -4.58.